The van der Waals surface area contributed by atoms with Crippen molar-refractivity contribution in [3.05, 3.63) is 59.7 Å². The number of methoxy groups -OCH3 is 6. The van der Waals surface area contributed by atoms with Crippen molar-refractivity contribution in [1.82, 2.24) is 0 Å². The largest absolute Gasteiger partial charge is 0.497 e. The van der Waals surface area contributed by atoms with E-state index in [0.717, 1.165) is 0 Å². The Balaban J connectivity index is 2.19. The van der Waals surface area contributed by atoms with Gasteiger partial charge in [-0.2, -0.15) is 0 Å². The van der Waals surface area contributed by atoms with Gasteiger partial charge in [-0.25, -0.2) is 9.59 Å². The lowest BCUT2D eigenvalue weighted by molar-refractivity contribution is 0.0555. The number of benzene rings is 3. The average molecular weight is 497 g/mol. The highest BCUT2D eigenvalue weighted by atomic mass is 16.5. The molecule has 0 amide bonds. The fourth-order valence-corrected chi connectivity index (χ4v) is 3.46. The molecule has 0 atom stereocenters. The van der Waals surface area contributed by atoms with Crippen LogP contribution >= 0.6 is 0 Å². The van der Waals surface area contributed by atoms with Gasteiger partial charge in [0.25, 0.3) is 0 Å². The lowest BCUT2D eigenvalue weighted by Crippen LogP contribution is -2.13. The van der Waals surface area contributed by atoms with Gasteiger partial charge in [0.15, 0.2) is 0 Å². The van der Waals surface area contributed by atoms with Gasteiger partial charge >= 0.3 is 11.9 Å². The molecule has 10 nitrogen and oxygen atoms in total. The van der Waals surface area contributed by atoms with Crippen LogP contribution in [0.15, 0.2) is 48.5 Å². The molecule has 0 fully saturated rings. The van der Waals surface area contributed by atoms with Crippen molar-refractivity contribution >= 4 is 34.7 Å². The minimum absolute atomic E-state index is 0.0200. The second kappa shape index (κ2) is 11.7. The van der Waals surface area contributed by atoms with Crippen LogP contribution in [0.5, 0.6) is 23.0 Å². The van der Waals surface area contributed by atoms with Crippen LogP contribution in [-0.2, 0) is 9.47 Å². The highest BCUT2D eigenvalue weighted by Gasteiger charge is 2.23. The van der Waals surface area contributed by atoms with E-state index < -0.39 is 11.9 Å². The van der Waals surface area contributed by atoms with E-state index >= 15 is 0 Å². The zero-order valence-corrected chi connectivity index (χ0v) is 20.9. The highest BCUT2D eigenvalue weighted by molar-refractivity contribution is 6.06. The molecule has 10 heteroatoms. The first kappa shape index (κ1) is 26.0. The van der Waals surface area contributed by atoms with E-state index in [1.165, 1.54) is 40.6 Å². The van der Waals surface area contributed by atoms with Gasteiger partial charge in [-0.15, -0.1) is 0 Å². The molecule has 2 N–H and O–H groups in total. The van der Waals surface area contributed by atoms with E-state index in [0.29, 0.717) is 45.7 Å². The molecule has 0 bridgehead atoms. The Morgan fingerprint density at radius 3 is 1.22 bits per heavy atom. The summed E-state index contributed by atoms with van der Waals surface area (Å²) in [6, 6.07) is 13.5. The topological polar surface area (TPSA) is 114 Å². The zero-order valence-electron chi connectivity index (χ0n) is 20.9. The molecule has 0 saturated carbocycles. The van der Waals surface area contributed by atoms with Gasteiger partial charge in [0.05, 0.1) is 76.5 Å². The molecule has 0 spiro atoms. The Hall–Kier alpha value is -4.60. The standard InChI is InChI=1S/C26H28N2O8/c1-31-15-7-9-19(23(11-15)33-3)27-21-13-17(25(29)35-5)18(26(30)36-6)14-22(21)28-20-10-8-16(32-2)12-24(20)34-4/h7-14,27-28H,1-6H3. The van der Waals surface area contributed by atoms with Crippen molar-refractivity contribution in [3.8, 4) is 23.0 Å². The van der Waals surface area contributed by atoms with Crippen molar-refractivity contribution < 1.29 is 38.0 Å². The Labute approximate surface area is 209 Å². The highest BCUT2D eigenvalue weighted by Crippen LogP contribution is 2.39. The predicted octanol–water partition coefficient (Wildman–Crippen LogP) is 4.78. The van der Waals surface area contributed by atoms with Crippen LogP contribution in [0.4, 0.5) is 22.7 Å². The first-order valence-corrected chi connectivity index (χ1v) is 10.7. The summed E-state index contributed by atoms with van der Waals surface area (Å²) in [6.07, 6.45) is 0. The predicted molar refractivity (Wildman–Crippen MR) is 135 cm³/mol. The van der Waals surface area contributed by atoms with Crippen LogP contribution in [0.1, 0.15) is 20.7 Å². The first-order chi connectivity index (χ1) is 17.4. The summed E-state index contributed by atoms with van der Waals surface area (Å²) in [7, 11) is 8.64. The van der Waals surface area contributed by atoms with Crippen LogP contribution in [0.2, 0.25) is 0 Å². The molecule has 190 valence electrons. The summed E-state index contributed by atoms with van der Waals surface area (Å²) in [5, 5.41) is 6.52. The van der Waals surface area contributed by atoms with Gasteiger partial charge in [-0.3, -0.25) is 0 Å². The van der Waals surface area contributed by atoms with Crippen LogP contribution in [0, 0.1) is 0 Å². The molecule has 0 heterocycles. The fraction of sp³-hybridized carbons (Fsp3) is 0.231. The molecular weight excluding hydrogens is 468 g/mol. The van der Waals surface area contributed by atoms with Gasteiger partial charge in [0.1, 0.15) is 23.0 Å². The van der Waals surface area contributed by atoms with Crippen molar-refractivity contribution in [2.75, 3.05) is 53.3 Å². The number of rotatable bonds is 10. The van der Waals surface area contributed by atoms with E-state index in [1.54, 1.807) is 50.6 Å². The smallest absolute Gasteiger partial charge is 0.338 e. The van der Waals surface area contributed by atoms with Gasteiger partial charge in [0.2, 0.25) is 0 Å². The number of anilines is 4. The van der Waals surface area contributed by atoms with E-state index in [9.17, 15) is 9.59 Å². The molecule has 0 radical (unpaired) electrons. The molecule has 36 heavy (non-hydrogen) atoms. The lowest BCUT2D eigenvalue weighted by Gasteiger charge is -2.20. The van der Waals surface area contributed by atoms with Crippen LogP contribution in [-0.4, -0.2) is 54.6 Å². The molecule has 0 unspecified atom stereocenters. The second-order valence-corrected chi connectivity index (χ2v) is 7.31. The summed E-state index contributed by atoms with van der Waals surface area (Å²) < 4.78 is 31.3. The lowest BCUT2D eigenvalue weighted by atomic mass is 10.0. The van der Waals surface area contributed by atoms with Crippen molar-refractivity contribution in [2.24, 2.45) is 0 Å². The molecule has 0 aliphatic carbocycles. The summed E-state index contributed by atoms with van der Waals surface area (Å²) >= 11 is 0. The number of ether oxygens (including phenoxy) is 6. The number of carbonyl (C=O) groups is 2. The molecule has 0 aliphatic heterocycles. The molecule has 3 rings (SSSR count). The van der Waals surface area contributed by atoms with E-state index in [4.69, 9.17) is 28.4 Å². The van der Waals surface area contributed by atoms with E-state index in [2.05, 4.69) is 10.6 Å². The maximum atomic E-state index is 12.6. The maximum Gasteiger partial charge on any atom is 0.338 e. The van der Waals surface area contributed by atoms with Crippen LogP contribution < -0.4 is 29.6 Å². The third-order valence-electron chi connectivity index (χ3n) is 5.32. The van der Waals surface area contributed by atoms with E-state index in [-0.39, 0.29) is 11.1 Å². The minimum Gasteiger partial charge on any atom is -0.497 e. The van der Waals surface area contributed by atoms with Gasteiger partial charge in [0, 0.05) is 12.1 Å². The minimum atomic E-state index is -0.700. The Morgan fingerprint density at radius 2 is 0.917 bits per heavy atom. The monoisotopic (exact) mass is 496 g/mol. The first-order valence-electron chi connectivity index (χ1n) is 10.7. The molecule has 0 saturated heterocycles. The van der Waals surface area contributed by atoms with Gasteiger partial charge in [-0.05, 0) is 36.4 Å². The van der Waals surface area contributed by atoms with Crippen molar-refractivity contribution in [1.29, 1.82) is 0 Å². The molecular formula is C26H28N2O8. The number of carbonyl (C=O) groups excluding carboxylic acids is 2. The zero-order chi connectivity index (χ0) is 26.2. The number of esters is 2. The Kier molecular flexibility index (Phi) is 8.45. The molecule has 0 aliphatic rings. The molecule has 3 aromatic carbocycles. The summed E-state index contributed by atoms with van der Waals surface area (Å²) in [5.74, 6) is 0.811. The third kappa shape index (κ3) is 5.54. The van der Waals surface area contributed by atoms with Crippen LogP contribution in [0.25, 0.3) is 0 Å². The summed E-state index contributed by atoms with van der Waals surface area (Å²) in [6.45, 7) is 0. The van der Waals surface area contributed by atoms with Gasteiger partial charge in [-0.1, -0.05) is 0 Å². The fourth-order valence-electron chi connectivity index (χ4n) is 3.46. The Bertz CT molecular complexity index is 1160. The van der Waals surface area contributed by atoms with E-state index in [1.807, 2.05) is 0 Å². The van der Waals surface area contributed by atoms with Crippen LogP contribution in [0.3, 0.4) is 0 Å². The number of nitrogens with one attached hydrogen (secondary N) is 2. The maximum absolute atomic E-state index is 12.6. The number of hydrogen-bond acceptors (Lipinski definition) is 10. The third-order valence-corrected chi connectivity index (χ3v) is 5.32. The van der Waals surface area contributed by atoms with Crippen molar-refractivity contribution in [3.63, 3.8) is 0 Å². The molecule has 3 aromatic rings. The summed E-state index contributed by atoms with van der Waals surface area (Å²) in [5.41, 5.74) is 2.11. The summed E-state index contributed by atoms with van der Waals surface area (Å²) in [4.78, 5) is 25.1. The number of hydrogen-bond donors (Lipinski definition) is 2. The normalized spacial score (nSPS) is 10.2. The Morgan fingerprint density at radius 1 is 0.528 bits per heavy atom. The molecule has 0 aromatic heterocycles. The quantitative estimate of drug-likeness (QED) is 0.380. The van der Waals surface area contributed by atoms with Crippen molar-refractivity contribution in [2.45, 2.75) is 0 Å². The SMILES string of the molecule is COC(=O)c1cc(Nc2ccc(OC)cc2OC)c(Nc2ccc(OC)cc2OC)cc1C(=O)OC. The van der Waals surface area contributed by atoms with Gasteiger partial charge < -0.3 is 39.1 Å². The second-order valence-electron chi connectivity index (χ2n) is 7.31. The average Bonchev–Trinajstić information content (AvgIpc) is 2.92.